The van der Waals surface area contributed by atoms with Crippen molar-refractivity contribution in [3.05, 3.63) is 180 Å². The first kappa shape index (κ1) is 40.0. The highest BCUT2D eigenvalue weighted by Gasteiger charge is 2.30. The smallest absolute Gasteiger partial charge is 0.338 e. The van der Waals surface area contributed by atoms with Crippen LogP contribution in [0.2, 0.25) is 0 Å². The predicted molar refractivity (Wildman–Crippen MR) is 230 cm³/mol. The molecule has 60 heavy (non-hydrogen) atoms. The second kappa shape index (κ2) is 16.3. The molecule has 296 valence electrons. The summed E-state index contributed by atoms with van der Waals surface area (Å²) in [5.41, 5.74) is 1.57. The highest BCUT2D eigenvalue weighted by molar-refractivity contribution is 6.28. The van der Waals surface area contributed by atoms with E-state index in [9.17, 15) is 39.6 Å². The first-order valence-electron chi connectivity index (χ1n) is 18.5. The Morgan fingerprint density at radius 2 is 0.683 bits per heavy atom. The van der Waals surface area contributed by atoms with Crippen LogP contribution in [0.1, 0.15) is 45.7 Å². The van der Waals surface area contributed by atoms with Crippen LogP contribution in [-0.2, 0) is 9.59 Å². The molecule has 8 aromatic carbocycles. The number of hydrogen-bond acceptors (Lipinski definition) is 10. The maximum absolute atomic E-state index is 12.2. The van der Waals surface area contributed by atoms with E-state index in [1.165, 1.54) is 36.4 Å². The van der Waals surface area contributed by atoms with E-state index in [1.807, 2.05) is 60.7 Å². The summed E-state index contributed by atoms with van der Waals surface area (Å²) in [7, 11) is 0. The lowest BCUT2D eigenvalue weighted by Gasteiger charge is -2.17. The molecule has 0 fully saturated rings. The van der Waals surface area contributed by atoms with E-state index in [-0.39, 0.29) is 56.8 Å². The third kappa shape index (κ3) is 8.53. The van der Waals surface area contributed by atoms with Crippen LogP contribution in [0, 0.1) is 0 Å². The summed E-state index contributed by atoms with van der Waals surface area (Å²) in [4.78, 5) is 47.7. The van der Waals surface area contributed by atoms with Gasteiger partial charge in [-0.2, -0.15) is 0 Å². The molecule has 0 saturated carbocycles. The molecule has 10 heteroatoms. The van der Waals surface area contributed by atoms with Gasteiger partial charge in [0.2, 0.25) is 0 Å². The zero-order valence-electron chi connectivity index (χ0n) is 32.4. The van der Waals surface area contributed by atoms with Crippen LogP contribution in [0.3, 0.4) is 0 Å². The Morgan fingerprint density at radius 1 is 0.383 bits per heavy atom. The Hall–Kier alpha value is -8.24. The maximum atomic E-state index is 12.2. The summed E-state index contributed by atoms with van der Waals surface area (Å²) in [6.07, 6.45) is 0. The molecule has 0 unspecified atom stereocenters. The van der Waals surface area contributed by atoms with Gasteiger partial charge in [-0.3, -0.25) is 9.59 Å². The largest absolute Gasteiger partial charge is 0.508 e. The highest BCUT2D eigenvalue weighted by atomic mass is 16.5. The zero-order chi connectivity index (χ0) is 42.8. The molecule has 0 atom stereocenters. The second-order valence-electron chi connectivity index (χ2n) is 14.2. The van der Waals surface area contributed by atoms with Gasteiger partial charge < -0.3 is 29.9 Å². The number of aromatic hydroxyl groups is 4. The van der Waals surface area contributed by atoms with Crippen molar-refractivity contribution in [1.82, 2.24) is 0 Å². The van der Waals surface area contributed by atoms with Crippen LogP contribution >= 0.6 is 0 Å². The van der Waals surface area contributed by atoms with Gasteiger partial charge in [0.25, 0.3) is 0 Å². The molecule has 0 aromatic heterocycles. The first-order chi connectivity index (χ1) is 28.6. The van der Waals surface area contributed by atoms with Crippen molar-refractivity contribution in [1.29, 1.82) is 0 Å². The Labute approximate surface area is 343 Å². The van der Waals surface area contributed by atoms with Gasteiger partial charge in [0, 0.05) is 33.4 Å². The first-order valence-corrected chi connectivity index (χ1v) is 18.5. The molecular formula is C50H36O10. The molecule has 9 rings (SSSR count). The molecule has 0 radical (unpaired) electrons. The second-order valence-corrected chi connectivity index (χ2v) is 14.2. The molecule has 4 N–H and O–H groups in total. The average molecular weight is 797 g/mol. The van der Waals surface area contributed by atoms with E-state index in [0.717, 1.165) is 43.1 Å². The van der Waals surface area contributed by atoms with E-state index in [4.69, 9.17) is 9.47 Å². The van der Waals surface area contributed by atoms with Gasteiger partial charge >= 0.3 is 11.9 Å². The van der Waals surface area contributed by atoms with E-state index in [2.05, 4.69) is 13.2 Å². The SMILES string of the molecule is C=C(C)C(=O)Oc1ccc2cc3cc(OC(=O)C(=C)C)ccc3cc2c1.O=C1c2ccc(O)cc2C(=O)c2ccc(O)cc21.Oc1ccc2cc3cc(O)ccc3cc2c1. The minimum atomic E-state index is -0.450. The summed E-state index contributed by atoms with van der Waals surface area (Å²) in [6.45, 7) is 10.4. The summed E-state index contributed by atoms with van der Waals surface area (Å²) in [5, 5.41) is 45.5. The predicted octanol–water partition coefficient (Wildman–Crippen LogP) is 10.2. The molecular weight excluding hydrogens is 761 g/mol. The van der Waals surface area contributed by atoms with Crippen molar-refractivity contribution in [2.75, 3.05) is 0 Å². The monoisotopic (exact) mass is 796 g/mol. The number of ether oxygens (including phenoxy) is 2. The Morgan fingerprint density at radius 3 is 1.03 bits per heavy atom. The van der Waals surface area contributed by atoms with Gasteiger partial charge in [0.15, 0.2) is 11.6 Å². The molecule has 0 aliphatic heterocycles. The molecule has 8 aromatic rings. The van der Waals surface area contributed by atoms with Crippen molar-refractivity contribution >= 4 is 66.6 Å². The van der Waals surface area contributed by atoms with Gasteiger partial charge in [0.05, 0.1) is 0 Å². The lowest BCUT2D eigenvalue weighted by Crippen LogP contribution is -2.20. The van der Waals surface area contributed by atoms with Crippen LogP contribution in [-0.4, -0.2) is 43.9 Å². The van der Waals surface area contributed by atoms with Crippen molar-refractivity contribution in [2.45, 2.75) is 13.8 Å². The molecule has 0 amide bonds. The Balaban J connectivity index is 0.000000141. The number of phenolic OH excluding ortho intramolecular Hbond substituents is 4. The normalized spacial score (nSPS) is 11.4. The summed E-state index contributed by atoms with van der Waals surface area (Å²) in [5.74, 6) is -0.187. The Kier molecular flexibility index (Phi) is 10.9. The molecule has 1 aliphatic rings. The summed E-state index contributed by atoms with van der Waals surface area (Å²) >= 11 is 0. The molecule has 0 spiro atoms. The van der Waals surface area contributed by atoms with E-state index < -0.39 is 11.9 Å². The van der Waals surface area contributed by atoms with E-state index in [0.29, 0.717) is 22.6 Å². The fraction of sp³-hybridized carbons (Fsp3) is 0.0400. The minimum absolute atomic E-state index is 0.0582. The van der Waals surface area contributed by atoms with Crippen molar-refractivity contribution < 1.29 is 49.1 Å². The molecule has 1 aliphatic carbocycles. The number of carbonyl (C=O) groups excluding carboxylic acids is 4. The quantitative estimate of drug-likeness (QED) is 0.0582. The topological polar surface area (TPSA) is 168 Å². The molecule has 0 saturated heterocycles. The van der Waals surface area contributed by atoms with Crippen molar-refractivity contribution in [2.24, 2.45) is 0 Å². The molecule has 0 heterocycles. The van der Waals surface area contributed by atoms with Gasteiger partial charge in [-0.1, -0.05) is 37.4 Å². The van der Waals surface area contributed by atoms with Crippen molar-refractivity contribution in [3.8, 4) is 34.5 Å². The number of ketones is 2. The fourth-order valence-electron chi connectivity index (χ4n) is 6.57. The van der Waals surface area contributed by atoms with Crippen LogP contribution in [0.15, 0.2) is 158 Å². The standard InChI is InChI=1S/C22H18O4.C14H8O4.C14H10O2/c1-13(2)21(23)25-19-7-5-15-10-18-12-20(26-22(24)14(3)4)8-6-16(18)9-17(15)11-19;15-7-1-3-9-11(5-7)14(18)10-4-2-8(16)6-12(10)13(9)17;15-13-3-1-9-5-12-8-14(16)4-2-10(12)6-11(9)7-13/h5-12H,1,3H2,2,4H3;1-6,15-16H;1-8,15-16H. The molecule has 10 nitrogen and oxygen atoms in total. The van der Waals surface area contributed by atoms with E-state index >= 15 is 0 Å². The number of fused-ring (bicyclic) bond motifs is 6. The lowest BCUT2D eigenvalue weighted by atomic mass is 9.84. The number of benzene rings is 8. The number of hydrogen-bond donors (Lipinski definition) is 4. The third-order valence-corrected chi connectivity index (χ3v) is 9.60. The van der Waals surface area contributed by atoms with E-state index in [1.54, 1.807) is 50.2 Å². The molecule has 0 bridgehead atoms. The third-order valence-electron chi connectivity index (χ3n) is 9.60. The number of carbonyl (C=O) groups is 4. The number of rotatable bonds is 4. The highest BCUT2D eigenvalue weighted by Crippen LogP contribution is 2.32. The zero-order valence-corrected chi connectivity index (χ0v) is 32.4. The van der Waals surface area contributed by atoms with Gasteiger partial charge in [-0.15, -0.1) is 0 Å². The number of esters is 2. The van der Waals surface area contributed by atoms with Crippen molar-refractivity contribution in [3.63, 3.8) is 0 Å². The minimum Gasteiger partial charge on any atom is -0.508 e. The Bertz CT molecular complexity index is 2910. The number of phenols is 4. The van der Waals surface area contributed by atoms with Crippen LogP contribution in [0.25, 0.3) is 43.1 Å². The van der Waals surface area contributed by atoms with Gasteiger partial charge in [-0.05, 0) is 166 Å². The summed E-state index contributed by atoms with van der Waals surface area (Å²) < 4.78 is 10.6. The van der Waals surface area contributed by atoms with Crippen LogP contribution in [0.4, 0.5) is 0 Å². The summed E-state index contributed by atoms with van der Waals surface area (Å²) in [6, 6.07) is 37.5. The van der Waals surface area contributed by atoms with Crippen LogP contribution in [0.5, 0.6) is 34.5 Å². The fourth-order valence-corrected chi connectivity index (χ4v) is 6.57. The lowest BCUT2D eigenvalue weighted by molar-refractivity contribution is -0.130. The van der Waals surface area contributed by atoms with Crippen LogP contribution < -0.4 is 9.47 Å². The van der Waals surface area contributed by atoms with Gasteiger partial charge in [0.1, 0.15) is 34.5 Å². The van der Waals surface area contributed by atoms with Gasteiger partial charge in [-0.25, -0.2) is 9.59 Å². The average Bonchev–Trinajstić information content (AvgIpc) is 3.21. The maximum Gasteiger partial charge on any atom is 0.338 e.